The lowest BCUT2D eigenvalue weighted by Gasteiger charge is -2.12. The van der Waals surface area contributed by atoms with E-state index in [0.717, 1.165) is 28.8 Å². The fraction of sp³-hybridized carbons (Fsp3) is 0.438. The smallest absolute Gasteiger partial charge is 0.158 e. The van der Waals surface area contributed by atoms with Crippen LogP contribution >= 0.6 is 11.8 Å². The van der Waals surface area contributed by atoms with E-state index in [-0.39, 0.29) is 5.25 Å². The second-order valence-electron chi connectivity index (χ2n) is 5.42. The van der Waals surface area contributed by atoms with E-state index in [9.17, 15) is 0 Å². The molecule has 0 radical (unpaired) electrons. The number of aryl methyl sites for hydroxylation is 1. The Bertz CT molecular complexity index is 645. The normalized spacial score (nSPS) is 15.9. The largest absolute Gasteiger partial charge is 0.237 e. The van der Waals surface area contributed by atoms with Crippen molar-refractivity contribution in [2.24, 2.45) is 0 Å². The van der Waals surface area contributed by atoms with Crippen LogP contribution in [0.2, 0.25) is 0 Å². The summed E-state index contributed by atoms with van der Waals surface area (Å²) in [7, 11) is 0. The number of thioether (sulfide) groups is 1. The first-order chi connectivity index (χ1) is 10.2. The Balaban J connectivity index is 2.01. The fourth-order valence-corrected chi connectivity index (χ4v) is 2.99. The van der Waals surface area contributed by atoms with Crippen molar-refractivity contribution in [2.75, 3.05) is 5.75 Å². The standard InChI is InChI=1S/C16H20N4S/c1-4-10-21-12(3)16-18-14(13-7-8-13)19-20(16)15-11(2)6-5-9-17-15/h4-6,9,12-13H,1,7-8,10H2,2-3H3. The van der Waals surface area contributed by atoms with Crippen molar-refractivity contribution in [3.63, 3.8) is 0 Å². The van der Waals surface area contributed by atoms with Gasteiger partial charge in [0.15, 0.2) is 11.6 Å². The fourth-order valence-electron chi connectivity index (χ4n) is 2.26. The molecule has 0 spiro atoms. The molecule has 0 aromatic carbocycles. The summed E-state index contributed by atoms with van der Waals surface area (Å²) in [4.78, 5) is 9.30. The predicted molar refractivity (Wildman–Crippen MR) is 86.9 cm³/mol. The lowest BCUT2D eigenvalue weighted by atomic mass is 10.3. The lowest BCUT2D eigenvalue weighted by Crippen LogP contribution is -2.08. The Morgan fingerprint density at radius 2 is 2.33 bits per heavy atom. The molecule has 1 aliphatic rings. The molecule has 1 unspecified atom stereocenters. The molecule has 21 heavy (non-hydrogen) atoms. The monoisotopic (exact) mass is 300 g/mol. The molecule has 0 bridgehead atoms. The first-order valence-corrected chi connectivity index (χ1v) is 8.37. The van der Waals surface area contributed by atoms with Crippen LogP contribution in [0.1, 0.15) is 48.1 Å². The van der Waals surface area contributed by atoms with Crippen molar-refractivity contribution in [3.05, 3.63) is 48.2 Å². The third-order valence-corrected chi connectivity index (χ3v) is 4.74. The number of hydrogen-bond acceptors (Lipinski definition) is 4. The highest BCUT2D eigenvalue weighted by Crippen LogP contribution is 2.39. The highest BCUT2D eigenvalue weighted by atomic mass is 32.2. The molecule has 2 aromatic heterocycles. The zero-order chi connectivity index (χ0) is 14.8. The Morgan fingerprint density at radius 1 is 1.52 bits per heavy atom. The van der Waals surface area contributed by atoms with E-state index >= 15 is 0 Å². The van der Waals surface area contributed by atoms with E-state index in [2.05, 4.69) is 31.5 Å². The number of nitrogens with zero attached hydrogens (tertiary/aromatic N) is 4. The first kappa shape index (κ1) is 14.3. The molecule has 110 valence electrons. The van der Waals surface area contributed by atoms with E-state index in [4.69, 9.17) is 10.1 Å². The quantitative estimate of drug-likeness (QED) is 0.761. The van der Waals surface area contributed by atoms with Gasteiger partial charge < -0.3 is 0 Å². The Kier molecular flexibility index (Phi) is 4.10. The maximum atomic E-state index is 4.80. The van der Waals surface area contributed by atoms with E-state index in [1.165, 1.54) is 12.8 Å². The molecular weight excluding hydrogens is 280 g/mol. The van der Waals surface area contributed by atoms with E-state index in [1.807, 2.05) is 34.8 Å². The maximum Gasteiger partial charge on any atom is 0.158 e. The molecule has 5 heteroatoms. The van der Waals surface area contributed by atoms with Crippen molar-refractivity contribution >= 4 is 11.8 Å². The van der Waals surface area contributed by atoms with Crippen LogP contribution in [0, 0.1) is 6.92 Å². The van der Waals surface area contributed by atoms with Crippen molar-refractivity contribution in [3.8, 4) is 5.82 Å². The van der Waals surface area contributed by atoms with Gasteiger partial charge in [-0.15, -0.1) is 23.4 Å². The molecule has 0 amide bonds. The molecule has 2 aromatic rings. The zero-order valence-corrected chi connectivity index (χ0v) is 13.3. The van der Waals surface area contributed by atoms with Gasteiger partial charge in [0.05, 0.1) is 5.25 Å². The Morgan fingerprint density at radius 3 is 3.00 bits per heavy atom. The van der Waals surface area contributed by atoms with Gasteiger partial charge in [-0.05, 0) is 38.3 Å². The third kappa shape index (κ3) is 3.02. The topological polar surface area (TPSA) is 43.6 Å². The van der Waals surface area contributed by atoms with Crippen LogP contribution in [0.3, 0.4) is 0 Å². The Labute approximate surface area is 129 Å². The van der Waals surface area contributed by atoms with Gasteiger partial charge in [0.1, 0.15) is 5.82 Å². The number of aromatic nitrogens is 4. The number of pyridine rings is 1. The lowest BCUT2D eigenvalue weighted by molar-refractivity contribution is 0.757. The number of rotatable bonds is 6. The van der Waals surface area contributed by atoms with Gasteiger partial charge in [-0.3, -0.25) is 0 Å². The Hall–Kier alpha value is -1.62. The molecule has 4 nitrogen and oxygen atoms in total. The maximum absolute atomic E-state index is 4.80. The van der Waals surface area contributed by atoms with E-state index in [0.29, 0.717) is 5.92 Å². The molecule has 0 N–H and O–H groups in total. The summed E-state index contributed by atoms with van der Waals surface area (Å²) in [5, 5.41) is 5.00. The molecule has 0 aliphatic heterocycles. The van der Waals surface area contributed by atoms with Gasteiger partial charge in [-0.25, -0.2) is 9.97 Å². The van der Waals surface area contributed by atoms with E-state index in [1.54, 1.807) is 0 Å². The summed E-state index contributed by atoms with van der Waals surface area (Å²) < 4.78 is 1.93. The van der Waals surface area contributed by atoms with Crippen LogP contribution in [-0.2, 0) is 0 Å². The van der Waals surface area contributed by atoms with Crippen molar-refractivity contribution < 1.29 is 0 Å². The van der Waals surface area contributed by atoms with Crippen LogP contribution in [0.5, 0.6) is 0 Å². The van der Waals surface area contributed by atoms with Gasteiger partial charge in [0.2, 0.25) is 0 Å². The highest BCUT2D eigenvalue weighted by Gasteiger charge is 2.30. The molecular formula is C16H20N4S. The van der Waals surface area contributed by atoms with Crippen LogP contribution < -0.4 is 0 Å². The van der Waals surface area contributed by atoms with Gasteiger partial charge in [0, 0.05) is 17.9 Å². The first-order valence-electron chi connectivity index (χ1n) is 7.32. The van der Waals surface area contributed by atoms with Crippen LogP contribution in [0.25, 0.3) is 5.82 Å². The summed E-state index contributed by atoms with van der Waals surface area (Å²) in [5.41, 5.74) is 1.12. The SMILES string of the molecule is C=CCSC(C)c1nc(C2CC2)nn1-c1ncccc1C. The zero-order valence-electron chi connectivity index (χ0n) is 12.5. The second-order valence-corrected chi connectivity index (χ2v) is 6.80. The average molecular weight is 300 g/mol. The summed E-state index contributed by atoms with van der Waals surface area (Å²) in [6.07, 6.45) is 6.15. The van der Waals surface area contributed by atoms with Gasteiger partial charge >= 0.3 is 0 Å². The predicted octanol–water partition coefficient (Wildman–Crippen LogP) is 3.83. The molecule has 1 saturated carbocycles. The van der Waals surface area contributed by atoms with Crippen molar-refractivity contribution in [2.45, 2.75) is 37.9 Å². The minimum atomic E-state index is 0.268. The number of hydrogen-bond donors (Lipinski definition) is 0. The average Bonchev–Trinajstić information content (AvgIpc) is 3.25. The van der Waals surface area contributed by atoms with Crippen LogP contribution in [0.15, 0.2) is 31.0 Å². The molecule has 2 heterocycles. The molecule has 3 rings (SSSR count). The third-order valence-electron chi connectivity index (χ3n) is 3.60. The van der Waals surface area contributed by atoms with Gasteiger partial charge in [0.25, 0.3) is 0 Å². The minimum Gasteiger partial charge on any atom is -0.237 e. The minimum absolute atomic E-state index is 0.268. The van der Waals surface area contributed by atoms with Gasteiger partial charge in [-0.1, -0.05) is 12.1 Å². The molecule has 1 aliphatic carbocycles. The van der Waals surface area contributed by atoms with Gasteiger partial charge in [-0.2, -0.15) is 4.68 Å². The summed E-state index contributed by atoms with van der Waals surface area (Å²) in [5.74, 6) is 4.31. The molecule has 1 fully saturated rings. The molecule has 0 saturated heterocycles. The summed E-state index contributed by atoms with van der Waals surface area (Å²) >= 11 is 1.82. The summed E-state index contributed by atoms with van der Waals surface area (Å²) in [6.45, 7) is 8.02. The highest BCUT2D eigenvalue weighted by molar-refractivity contribution is 7.99. The molecule has 1 atom stereocenters. The van der Waals surface area contributed by atoms with Crippen molar-refractivity contribution in [1.29, 1.82) is 0 Å². The van der Waals surface area contributed by atoms with Crippen LogP contribution in [0.4, 0.5) is 0 Å². The second kappa shape index (κ2) is 6.02. The van der Waals surface area contributed by atoms with E-state index < -0.39 is 0 Å². The van der Waals surface area contributed by atoms with Crippen molar-refractivity contribution in [1.82, 2.24) is 19.7 Å². The summed E-state index contributed by atoms with van der Waals surface area (Å²) in [6, 6.07) is 4.01. The van der Waals surface area contributed by atoms with Crippen LogP contribution in [-0.4, -0.2) is 25.5 Å².